The Kier molecular flexibility index (Phi) is 12.6. The highest BCUT2D eigenvalue weighted by molar-refractivity contribution is 7.89. The quantitative estimate of drug-likeness (QED) is 0.264. The molecule has 3 rings (SSSR count). The molecule has 2 amide bonds. The summed E-state index contributed by atoms with van der Waals surface area (Å²) in [5, 5.41) is 28.3. The van der Waals surface area contributed by atoms with Crippen LogP contribution in [0.3, 0.4) is 0 Å². The number of cyclic esters (lactones) is 1. The van der Waals surface area contributed by atoms with Gasteiger partial charge in [0.05, 0.1) is 48.4 Å². The number of nitrogens with zero attached hydrogens (tertiary/aromatic N) is 3. The van der Waals surface area contributed by atoms with Gasteiger partial charge in [-0.1, -0.05) is 24.3 Å². The lowest BCUT2D eigenvalue weighted by molar-refractivity contribution is -0.387. The number of nitro benzene ring substituents is 2. The number of carbonyl (C=O) groups excluding carboxylic acids is 3. The minimum Gasteiger partial charge on any atom is -0.454 e. The number of nitrogens with one attached hydrogen (secondary N) is 2. The van der Waals surface area contributed by atoms with Crippen LogP contribution in [0.15, 0.2) is 53.4 Å². The zero-order valence-corrected chi connectivity index (χ0v) is 24.2. The van der Waals surface area contributed by atoms with Crippen molar-refractivity contribution in [2.45, 2.75) is 23.8 Å². The van der Waals surface area contributed by atoms with E-state index < -0.39 is 79.7 Å². The molecule has 1 fully saturated rings. The molecule has 0 radical (unpaired) electrons. The summed E-state index contributed by atoms with van der Waals surface area (Å²) in [6.07, 6.45) is -1.83. The molecule has 2 aromatic rings. The summed E-state index contributed by atoms with van der Waals surface area (Å²) < 4.78 is 44.0. The molecule has 238 valence electrons. The van der Waals surface area contributed by atoms with Crippen molar-refractivity contribution in [2.24, 2.45) is 0 Å². The lowest BCUT2D eigenvalue weighted by Gasteiger charge is -2.24. The van der Waals surface area contributed by atoms with E-state index in [1.807, 2.05) is 0 Å². The number of nitro groups is 2. The molecule has 1 heterocycles. The van der Waals surface area contributed by atoms with Gasteiger partial charge in [-0.05, 0) is 12.1 Å². The molecule has 1 saturated heterocycles. The van der Waals surface area contributed by atoms with Crippen molar-refractivity contribution in [2.75, 3.05) is 52.6 Å². The van der Waals surface area contributed by atoms with Gasteiger partial charge in [-0.2, -0.15) is 4.31 Å². The molecule has 2 aromatic carbocycles. The van der Waals surface area contributed by atoms with E-state index in [0.717, 1.165) is 12.1 Å². The number of amides is 2. The van der Waals surface area contributed by atoms with Crippen LogP contribution >= 0.6 is 0 Å². The van der Waals surface area contributed by atoms with Gasteiger partial charge in [0.15, 0.2) is 11.0 Å². The number of hydrogen-bond acceptors (Lipinski definition) is 12. The fourth-order valence-corrected chi connectivity index (χ4v) is 5.62. The van der Waals surface area contributed by atoms with Crippen molar-refractivity contribution in [1.29, 1.82) is 0 Å². The molecule has 2 N–H and O–H groups in total. The fourth-order valence-electron chi connectivity index (χ4n) is 4.09. The first-order valence-electron chi connectivity index (χ1n) is 13.4. The second kappa shape index (κ2) is 16.4. The lowest BCUT2D eigenvalue weighted by atomic mass is 10.1. The molecule has 1 atom stereocenters. The van der Waals surface area contributed by atoms with Gasteiger partial charge < -0.3 is 24.8 Å². The number of benzene rings is 2. The molecule has 44 heavy (non-hydrogen) atoms. The van der Waals surface area contributed by atoms with Gasteiger partial charge in [-0.25, -0.2) is 8.42 Å². The third-order valence-electron chi connectivity index (χ3n) is 6.23. The van der Waals surface area contributed by atoms with Crippen LogP contribution in [0.1, 0.15) is 24.5 Å². The van der Waals surface area contributed by atoms with Crippen LogP contribution in [-0.4, -0.2) is 93.0 Å². The van der Waals surface area contributed by atoms with E-state index in [4.69, 9.17) is 14.2 Å². The fraction of sp³-hybridized carbons (Fsp3) is 0.423. The summed E-state index contributed by atoms with van der Waals surface area (Å²) in [7, 11) is -4.66. The largest absolute Gasteiger partial charge is 0.454 e. The molecule has 0 spiro atoms. The number of rotatable bonds is 5. The Morgan fingerprint density at radius 3 is 2.07 bits per heavy atom. The van der Waals surface area contributed by atoms with Crippen molar-refractivity contribution in [1.82, 2.24) is 14.9 Å². The first-order valence-corrected chi connectivity index (χ1v) is 14.8. The van der Waals surface area contributed by atoms with Gasteiger partial charge in [0.2, 0.25) is 11.8 Å². The predicted octanol–water partition coefficient (Wildman–Crippen LogP) is 0.838. The van der Waals surface area contributed by atoms with E-state index in [1.165, 1.54) is 36.4 Å². The molecule has 17 nitrogen and oxygen atoms in total. The maximum atomic E-state index is 13.6. The van der Waals surface area contributed by atoms with E-state index >= 15 is 0 Å². The zero-order chi connectivity index (χ0) is 32.1. The topological polar surface area (TPSA) is 227 Å². The number of esters is 1. The number of carbonyl (C=O) groups is 3. The van der Waals surface area contributed by atoms with Gasteiger partial charge >= 0.3 is 5.97 Å². The Labute approximate surface area is 251 Å². The SMILES string of the molecule is O=C1CCC(=O)NCC(c2ccccc2[N+](=O)[O-])OC(=O)CN(S(=O)(=O)c2ccccc2[N+](=O)[O-])CCOCCOCCN1. The van der Waals surface area contributed by atoms with Gasteiger partial charge in [0.1, 0.15) is 6.54 Å². The minimum absolute atomic E-state index is 0.0255. The average molecular weight is 638 g/mol. The van der Waals surface area contributed by atoms with E-state index in [2.05, 4.69) is 10.6 Å². The van der Waals surface area contributed by atoms with Gasteiger partial charge in [0.25, 0.3) is 21.4 Å². The Morgan fingerprint density at radius 1 is 0.795 bits per heavy atom. The van der Waals surface area contributed by atoms with E-state index in [9.17, 15) is 43.0 Å². The molecule has 18 heteroatoms. The zero-order valence-electron chi connectivity index (χ0n) is 23.4. The summed E-state index contributed by atoms with van der Waals surface area (Å²) in [5.74, 6) is -2.18. The monoisotopic (exact) mass is 637 g/mol. The predicted molar refractivity (Wildman–Crippen MR) is 151 cm³/mol. The highest BCUT2D eigenvalue weighted by atomic mass is 32.2. The maximum absolute atomic E-state index is 13.6. The average Bonchev–Trinajstić information content (AvgIpc) is 3.00. The summed E-state index contributed by atoms with van der Waals surface area (Å²) in [6, 6.07) is 9.91. The van der Waals surface area contributed by atoms with Crippen LogP contribution in [0.2, 0.25) is 0 Å². The molecule has 0 saturated carbocycles. The van der Waals surface area contributed by atoms with E-state index in [0.29, 0.717) is 4.31 Å². The lowest BCUT2D eigenvalue weighted by Crippen LogP contribution is -2.40. The molecule has 1 unspecified atom stereocenters. The number of para-hydroxylation sites is 2. The summed E-state index contributed by atoms with van der Waals surface area (Å²) in [4.78, 5) is 58.7. The Morgan fingerprint density at radius 2 is 1.39 bits per heavy atom. The van der Waals surface area contributed by atoms with Gasteiger partial charge in [0, 0.05) is 38.1 Å². The summed E-state index contributed by atoms with van der Waals surface area (Å²) in [6.45, 7) is -1.62. The van der Waals surface area contributed by atoms with Crippen LogP contribution in [-0.2, 0) is 38.6 Å². The first kappa shape index (κ1) is 34.0. The van der Waals surface area contributed by atoms with Crippen LogP contribution in [0.5, 0.6) is 0 Å². The third kappa shape index (κ3) is 9.76. The van der Waals surface area contributed by atoms with Crippen molar-refractivity contribution in [3.05, 3.63) is 74.3 Å². The summed E-state index contributed by atoms with van der Waals surface area (Å²) >= 11 is 0. The molecular formula is C26H31N5O12S. The Balaban J connectivity index is 1.93. The Bertz CT molecular complexity index is 1470. The molecular weight excluding hydrogens is 606 g/mol. The van der Waals surface area contributed by atoms with Crippen molar-refractivity contribution in [3.8, 4) is 0 Å². The third-order valence-corrected chi connectivity index (χ3v) is 8.12. The van der Waals surface area contributed by atoms with E-state index in [1.54, 1.807) is 0 Å². The Hall–Kier alpha value is -4.52. The molecule has 1 aliphatic rings. The highest BCUT2D eigenvalue weighted by Gasteiger charge is 2.34. The molecule has 0 aromatic heterocycles. The first-order chi connectivity index (χ1) is 21.0. The van der Waals surface area contributed by atoms with Gasteiger partial charge in [-0.15, -0.1) is 0 Å². The second-order valence-electron chi connectivity index (χ2n) is 9.24. The normalized spacial score (nSPS) is 19.2. The van der Waals surface area contributed by atoms with E-state index in [-0.39, 0.29) is 51.4 Å². The van der Waals surface area contributed by atoms with Crippen molar-refractivity contribution in [3.63, 3.8) is 0 Å². The van der Waals surface area contributed by atoms with Crippen molar-refractivity contribution >= 4 is 39.2 Å². The smallest absolute Gasteiger partial charge is 0.321 e. The standard InChI is InChI=1S/C26H31N5O12S/c32-24-9-10-25(33)28-17-22(19-5-1-2-6-20(19)30(35)36)43-26(34)18-29(12-14-42-16-15-41-13-11-27-24)44(39,40)23-8-4-3-7-21(23)31(37)38/h1-8,22H,9-18H2,(H,27,32)(H,28,33). The maximum Gasteiger partial charge on any atom is 0.321 e. The summed E-state index contributed by atoms with van der Waals surface area (Å²) in [5.41, 5.74) is -1.22. The van der Waals surface area contributed by atoms with Crippen molar-refractivity contribution < 1.29 is 46.9 Å². The van der Waals surface area contributed by atoms with Gasteiger partial charge in [-0.3, -0.25) is 34.6 Å². The van der Waals surface area contributed by atoms with Crippen LogP contribution in [0.25, 0.3) is 0 Å². The highest BCUT2D eigenvalue weighted by Crippen LogP contribution is 2.29. The van der Waals surface area contributed by atoms with Crippen LogP contribution in [0.4, 0.5) is 11.4 Å². The van der Waals surface area contributed by atoms with Crippen LogP contribution < -0.4 is 10.6 Å². The van der Waals surface area contributed by atoms with Crippen LogP contribution in [0, 0.1) is 20.2 Å². The molecule has 0 bridgehead atoms. The molecule has 1 aliphatic heterocycles. The number of ether oxygens (including phenoxy) is 3. The minimum atomic E-state index is -4.66. The molecule has 0 aliphatic carbocycles. The number of hydrogen-bond donors (Lipinski definition) is 2. The second-order valence-corrected chi connectivity index (χ2v) is 11.1. The number of sulfonamides is 1.